The van der Waals surface area contributed by atoms with E-state index in [1.165, 1.54) is 37.9 Å². The molecule has 7 aromatic carbocycles. The summed E-state index contributed by atoms with van der Waals surface area (Å²) in [5.74, 6) is 0. The molecule has 0 aliphatic carbocycles. The number of benzene rings is 7. The summed E-state index contributed by atoms with van der Waals surface area (Å²) in [4.78, 5) is 16.0. The van der Waals surface area contributed by atoms with Gasteiger partial charge in [0.15, 0.2) is 0 Å². The SMILES string of the molecule is O=c1c2ccccc2c2cc(-c3ccc4c5ccccc5c5ccccc5c4c3)cc3c2n1-c1ccccc1S3. The molecule has 0 saturated heterocycles. The van der Waals surface area contributed by atoms with Crippen molar-refractivity contribution in [2.45, 2.75) is 9.79 Å². The van der Waals surface area contributed by atoms with Crippen LogP contribution < -0.4 is 5.56 Å². The highest BCUT2D eigenvalue weighted by Gasteiger charge is 2.23. The third kappa shape index (κ3) is 2.93. The number of nitrogens with zero attached hydrogens (tertiary/aromatic N) is 1. The largest absolute Gasteiger partial charge is 0.274 e. The number of fused-ring (bicyclic) bond motifs is 10. The first-order chi connectivity index (χ1) is 19.8. The molecule has 0 N–H and O–H groups in total. The van der Waals surface area contributed by atoms with Crippen molar-refractivity contribution >= 4 is 65.8 Å². The smallest absolute Gasteiger partial charge is 0.263 e. The highest BCUT2D eigenvalue weighted by Crippen LogP contribution is 2.45. The van der Waals surface area contributed by atoms with Gasteiger partial charge in [-0.05, 0) is 85.2 Å². The van der Waals surface area contributed by atoms with Crippen LogP contribution in [-0.4, -0.2) is 4.57 Å². The molecule has 0 amide bonds. The molecule has 2 nitrogen and oxygen atoms in total. The van der Waals surface area contributed by atoms with E-state index in [9.17, 15) is 4.79 Å². The maximum Gasteiger partial charge on any atom is 0.263 e. The second kappa shape index (κ2) is 8.08. The maximum absolute atomic E-state index is 13.8. The van der Waals surface area contributed by atoms with Gasteiger partial charge >= 0.3 is 0 Å². The van der Waals surface area contributed by atoms with Crippen molar-refractivity contribution in [3.05, 3.63) is 138 Å². The van der Waals surface area contributed by atoms with Gasteiger partial charge in [0, 0.05) is 20.6 Å². The van der Waals surface area contributed by atoms with Crippen LogP contribution in [0.1, 0.15) is 0 Å². The zero-order valence-electron chi connectivity index (χ0n) is 21.4. The Hall–Kier alpha value is -4.86. The van der Waals surface area contributed by atoms with Crippen LogP contribution in [0.2, 0.25) is 0 Å². The van der Waals surface area contributed by atoms with Crippen LogP contribution in [0.3, 0.4) is 0 Å². The average molecular weight is 528 g/mol. The Labute approximate surface area is 234 Å². The fourth-order valence-corrected chi connectivity index (χ4v) is 7.71. The quantitative estimate of drug-likeness (QED) is 0.198. The third-order valence-corrected chi connectivity index (χ3v) is 9.45. The van der Waals surface area contributed by atoms with Crippen LogP contribution in [0.4, 0.5) is 0 Å². The Bertz CT molecular complexity index is 2400. The maximum atomic E-state index is 13.8. The summed E-state index contributed by atoms with van der Waals surface area (Å²) in [6.07, 6.45) is 0. The van der Waals surface area contributed by atoms with E-state index in [0.29, 0.717) is 0 Å². The topological polar surface area (TPSA) is 22.0 Å². The van der Waals surface area contributed by atoms with Crippen LogP contribution in [0, 0.1) is 0 Å². The van der Waals surface area contributed by atoms with Gasteiger partial charge in [-0.1, -0.05) is 103 Å². The van der Waals surface area contributed by atoms with Crippen LogP contribution in [0.25, 0.3) is 70.8 Å². The Morgan fingerprint density at radius 3 is 1.65 bits per heavy atom. The molecule has 0 spiro atoms. The van der Waals surface area contributed by atoms with Crippen molar-refractivity contribution in [2.75, 3.05) is 0 Å². The van der Waals surface area contributed by atoms with E-state index in [1.54, 1.807) is 11.8 Å². The third-order valence-electron chi connectivity index (χ3n) is 8.35. The van der Waals surface area contributed by atoms with Gasteiger partial charge in [0.25, 0.3) is 5.56 Å². The Morgan fingerprint density at radius 1 is 0.425 bits per heavy atom. The highest BCUT2D eigenvalue weighted by atomic mass is 32.2. The first-order valence-corrected chi connectivity index (χ1v) is 14.3. The van der Waals surface area contributed by atoms with Crippen LogP contribution in [0.5, 0.6) is 0 Å². The minimum Gasteiger partial charge on any atom is -0.274 e. The van der Waals surface area contributed by atoms with Crippen LogP contribution in [-0.2, 0) is 0 Å². The average Bonchev–Trinajstić information content (AvgIpc) is 3.02. The first kappa shape index (κ1) is 22.0. The number of pyridine rings is 1. The van der Waals surface area contributed by atoms with Crippen molar-refractivity contribution in [3.63, 3.8) is 0 Å². The fraction of sp³-hybridized carbons (Fsp3) is 0. The number of para-hydroxylation sites is 1. The zero-order valence-corrected chi connectivity index (χ0v) is 22.2. The van der Waals surface area contributed by atoms with Crippen molar-refractivity contribution < 1.29 is 0 Å². The lowest BCUT2D eigenvalue weighted by atomic mass is 9.91. The molecule has 186 valence electrons. The lowest BCUT2D eigenvalue weighted by molar-refractivity contribution is 1.00. The van der Waals surface area contributed by atoms with Gasteiger partial charge < -0.3 is 0 Å². The minimum atomic E-state index is 0.0360. The fourth-order valence-electron chi connectivity index (χ4n) is 6.58. The van der Waals surface area contributed by atoms with Crippen LogP contribution >= 0.6 is 11.8 Å². The molecule has 0 saturated carbocycles. The highest BCUT2D eigenvalue weighted by molar-refractivity contribution is 7.99. The standard InChI is InChI=1S/C37H21NOS/c39-37-30-14-6-5-13-28(30)32-20-23(21-35-36(32)38(37)33-15-7-8-16-34(33)40-35)22-17-18-29-26-11-2-1-9-24(26)25-10-3-4-12-27(25)31(29)19-22/h1-21H. The summed E-state index contributed by atoms with van der Waals surface area (Å²) in [6, 6.07) is 45.0. The molecule has 9 rings (SSSR count). The van der Waals surface area contributed by atoms with E-state index in [1.807, 2.05) is 41.0 Å². The molecule has 3 heteroatoms. The Balaban J connectivity index is 1.40. The van der Waals surface area contributed by atoms with Gasteiger partial charge in [-0.15, -0.1) is 0 Å². The summed E-state index contributed by atoms with van der Waals surface area (Å²) in [6.45, 7) is 0. The second-order valence-electron chi connectivity index (χ2n) is 10.5. The molecule has 1 aliphatic heterocycles. The van der Waals surface area contributed by atoms with E-state index in [2.05, 4.69) is 91.0 Å². The predicted molar refractivity (Wildman–Crippen MR) is 169 cm³/mol. The molecule has 8 aromatic rings. The summed E-state index contributed by atoms with van der Waals surface area (Å²) >= 11 is 1.75. The zero-order chi connectivity index (χ0) is 26.4. The van der Waals surface area contributed by atoms with Gasteiger partial charge in [-0.2, -0.15) is 0 Å². The van der Waals surface area contributed by atoms with E-state index >= 15 is 0 Å². The van der Waals surface area contributed by atoms with Crippen molar-refractivity contribution in [1.29, 1.82) is 0 Å². The second-order valence-corrected chi connectivity index (χ2v) is 11.6. The molecule has 1 aliphatic rings. The lowest BCUT2D eigenvalue weighted by Crippen LogP contribution is -2.21. The molecule has 0 bridgehead atoms. The van der Waals surface area contributed by atoms with E-state index in [0.717, 1.165) is 42.7 Å². The molecular formula is C37H21NOS. The van der Waals surface area contributed by atoms with Crippen molar-refractivity contribution in [3.8, 4) is 16.8 Å². The predicted octanol–water partition coefficient (Wildman–Crippen LogP) is 9.74. The molecule has 2 heterocycles. The lowest BCUT2D eigenvalue weighted by Gasteiger charge is -2.24. The van der Waals surface area contributed by atoms with Crippen molar-refractivity contribution in [1.82, 2.24) is 4.57 Å². The molecule has 40 heavy (non-hydrogen) atoms. The Morgan fingerprint density at radius 2 is 0.950 bits per heavy atom. The summed E-state index contributed by atoms with van der Waals surface area (Å²) in [5, 5.41) is 10.5. The molecule has 1 aromatic heterocycles. The Kier molecular flexibility index (Phi) is 4.44. The van der Waals surface area contributed by atoms with Gasteiger partial charge in [-0.3, -0.25) is 9.36 Å². The van der Waals surface area contributed by atoms with E-state index in [-0.39, 0.29) is 5.56 Å². The van der Waals surface area contributed by atoms with Gasteiger partial charge in [0.05, 0.1) is 11.2 Å². The molecular weight excluding hydrogens is 506 g/mol. The van der Waals surface area contributed by atoms with Crippen molar-refractivity contribution in [2.24, 2.45) is 0 Å². The number of aromatic nitrogens is 1. The molecule has 0 unspecified atom stereocenters. The van der Waals surface area contributed by atoms with Gasteiger partial charge in [-0.25, -0.2) is 0 Å². The number of hydrogen-bond acceptors (Lipinski definition) is 2. The monoisotopic (exact) mass is 527 g/mol. The summed E-state index contributed by atoms with van der Waals surface area (Å²) in [5.41, 5.74) is 4.32. The minimum absolute atomic E-state index is 0.0360. The summed E-state index contributed by atoms with van der Waals surface area (Å²) in [7, 11) is 0. The van der Waals surface area contributed by atoms with Gasteiger partial charge in [0.2, 0.25) is 0 Å². The number of hydrogen-bond donors (Lipinski definition) is 0. The summed E-state index contributed by atoms with van der Waals surface area (Å²) < 4.78 is 1.92. The number of rotatable bonds is 1. The van der Waals surface area contributed by atoms with E-state index in [4.69, 9.17) is 0 Å². The van der Waals surface area contributed by atoms with Crippen LogP contribution in [0.15, 0.2) is 142 Å². The molecule has 0 radical (unpaired) electrons. The normalized spacial score (nSPS) is 12.5. The molecule has 0 fully saturated rings. The molecule has 0 atom stereocenters. The first-order valence-electron chi connectivity index (χ1n) is 13.5. The van der Waals surface area contributed by atoms with E-state index < -0.39 is 0 Å². The van der Waals surface area contributed by atoms with Gasteiger partial charge in [0.1, 0.15) is 0 Å².